The van der Waals surface area contributed by atoms with Crippen LogP contribution in [-0.4, -0.2) is 23.4 Å². The standard InChI is InChI=1S/C24H26N2O4S2/c1-18(2)19-11-14-22(15-12-19)31(27,28)25-21-13-10-20-7-6-16-26(24(20)17-21)32(29,30)23-8-4-3-5-9-23/h3-5,8-15,17-18,25H,6-7,16H2,1-2H3. The molecule has 0 radical (unpaired) electrons. The minimum atomic E-state index is -3.81. The Labute approximate surface area is 190 Å². The molecule has 168 valence electrons. The molecule has 0 saturated heterocycles. The van der Waals surface area contributed by atoms with Gasteiger partial charge in [-0.05, 0) is 66.3 Å². The maximum atomic E-state index is 13.2. The van der Waals surface area contributed by atoms with Gasteiger partial charge >= 0.3 is 0 Å². The van der Waals surface area contributed by atoms with Crippen molar-refractivity contribution in [3.8, 4) is 0 Å². The van der Waals surface area contributed by atoms with E-state index in [4.69, 9.17) is 0 Å². The van der Waals surface area contributed by atoms with Crippen LogP contribution < -0.4 is 9.03 Å². The second-order valence-electron chi connectivity index (χ2n) is 8.17. The predicted octanol–water partition coefficient (Wildman–Crippen LogP) is 4.75. The van der Waals surface area contributed by atoms with Crippen LogP contribution in [0.15, 0.2) is 82.6 Å². The lowest BCUT2D eigenvalue weighted by Gasteiger charge is -2.31. The van der Waals surface area contributed by atoms with Crippen LogP contribution in [0.4, 0.5) is 11.4 Å². The number of sulfonamides is 2. The molecule has 1 aliphatic rings. The van der Waals surface area contributed by atoms with Crippen molar-refractivity contribution in [3.05, 3.63) is 83.9 Å². The molecule has 3 aromatic carbocycles. The Balaban J connectivity index is 1.66. The number of anilines is 2. The van der Waals surface area contributed by atoms with Gasteiger partial charge in [-0.15, -0.1) is 0 Å². The third-order valence-corrected chi connectivity index (χ3v) is 8.83. The molecular weight excluding hydrogens is 444 g/mol. The molecule has 8 heteroatoms. The molecule has 1 N–H and O–H groups in total. The zero-order valence-corrected chi connectivity index (χ0v) is 19.7. The molecule has 0 bridgehead atoms. The zero-order valence-electron chi connectivity index (χ0n) is 18.0. The molecule has 3 aromatic rings. The van der Waals surface area contributed by atoms with Gasteiger partial charge in [-0.3, -0.25) is 9.03 Å². The SMILES string of the molecule is CC(C)c1ccc(S(=O)(=O)Nc2ccc3c(c2)N(S(=O)(=O)c2ccccc2)CCC3)cc1. The molecule has 6 nitrogen and oxygen atoms in total. The van der Waals surface area contributed by atoms with Gasteiger partial charge in [-0.1, -0.05) is 50.2 Å². The lowest BCUT2D eigenvalue weighted by atomic mass is 10.0. The quantitative estimate of drug-likeness (QED) is 0.563. The van der Waals surface area contributed by atoms with Gasteiger partial charge in [0.1, 0.15) is 0 Å². The van der Waals surface area contributed by atoms with E-state index in [0.29, 0.717) is 30.3 Å². The number of rotatable bonds is 6. The Morgan fingerprint density at radius 1 is 0.844 bits per heavy atom. The number of aryl methyl sites for hydroxylation is 1. The molecule has 0 aliphatic carbocycles. The number of fused-ring (bicyclic) bond motifs is 1. The molecule has 32 heavy (non-hydrogen) atoms. The van der Waals surface area contributed by atoms with E-state index >= 15 is 0 Å². The Morgan fingerprint density at radius 3 is 2.19 bits per heavy atom. The van der Waals surface area contributed by atoms with Crippen LogP contribution >= 0.6 is 0 Å². The minimum absolute atomic E-state index is 0.161. The van der Waals surface area contributed by atoms with Crippen molar-refractivity contribution >= 4 is 31.4 Å². The molecule has 1 heterocycles. The summed E-state index contributed by atoms with van der Waals surface area (Å²) in [6.45, 7) is 4.44. The Morgan fingerprint density at radius 2 is 1.53 bits per heavy atom. The lowest BCUT2D eigenvalue weighted by molar-refractivity contribution is 0.586. The van der Waals surface area contributed by atoms with Crippen molar-refractivity contribution < 1.29 is 16.8 Å². The van der Waals surface area contributed by atoms with E-state index in [1.54, 1.807) is 72.8 Å². The number of nitrogens with zero attached hydrogens (tertiary/aromatic N) is 1. The van der Waals surface area contributed by atoms with Gasteiger partial charge in [0, 0.05) is 6.54 Å². The van der Waals surface area contributed by atoms with Crippen LogP contribution in [-0.2, 0) is 26.5 Å². The summed E-state index contributed by atoms with van der Waals surface area (Å²) in [7, 11) is -7.55. The molecule has 1 aliphatic heterocycles. The molecule has 0 atom stereocenters. The molecule has 0 amide bonds. The Kier molecular flexibility index (Phi) is 6.01. The summed E-state index contributed by atoms with van der Waals surface area (Å²) in [6.07, 6.45) is 1.44. The highest BCUT2D eigenvalue weighted by Gasteiger charge is 2.29. The maximum absolute atomic E-state index is 13.2. The summed E-state index contributed by atoms with van der Waals surface area (Å²) in [5, 5.41) is 0. The fraction of sp³-hybridized carbons (Fsp3) is 0.250. The molecule has 0 saturated carbocycles. The van der Waals surface area contributed by atoms with Gasteiger partial charge in [0.05, 0.1) is 21.2 Å². The molecule has 0 spiro atoms. The zero-order chi connectivity index (χ0) is 22.9. The van der Waals surface area contributed by atoms with Gasteiger partial charge in [-0.2, -0.15) is 0 Å². The van der Waals surface area contributed by atoms with Crippen molar-refractivity contribution in [2.45, 2.75) is 42.4 Å². The predicted molar refractivity (Wildman–Crippen MR) is 127 cm³/mol. The highest BCUT2D eigenvalue weighted by atomic mass is 32.2. The van der Waals surface area contributed by atoms with E-state index in [9.17, 15) is 16.8 Å². The van der Waals surface area contributed by atoms with Crippen molar-refractivity contribution in [1.29, 1.82) is 0 Å². The first-order chi connectivity index (χ1) is 15.2. The van der Waals surface area contributed by atoms with Gasteiger partial charge in [-0.25, -0.2) is 16.8 Å². The third kappa shape index (κ3) is 4.38. The number of benzene rings is 3. The van der Waals surface area contributed by atoms with Gasteiger partial charge in [0.2, 0.25) is 0 Å². The summed E-state index contributed by atoms with van der Waals surface area (Å²) >= 11 is 0. The van der Waals surface area contributed by atoms with Crippen molar-refractivity contribution in [2.75, 3.05) is 15.6 Å². The van der Waals surface area contributed by atoms with Crippen molar-refractivity contribution in [2.24, 2.45) is 0 Å². The number of hydrogen-bond acceptors (Lipinski definition) is 4. The molecular formula is C24H26N2O4S2. The van der Waals surface area contributed by atoms with Crippen molar-refractivity contribution in [1.82, 2.24) is 0 Å². The maximum Gasteiger partial charge on any atom is 0.264 e. The van der Waals surface area contributed by atoms with E-state index in [1.165, 1.54) is 4.31 Å². The smallest absolute Gasteiger partial charge is 0.264 e. The summed E-state index contributed by atoms with van der Waals surface area (Å²) in [6, 6.07) is 20.1. The Bertz CT molecular complexity index is 1320. The van der Waals surface area contributed by atoms with E-state index < -0.39 is 20.0 Å². The molecule has 4 rings (SSSR count). The second-order valence-corrected chi connectivity index (χ2v) is 11.7. The highest BCUT2D eigenvalue weighted by Crippen LogP contribution is 2.34. The fourth-order valence-corrected chi connectivity index (χ4v) is 6.42. The first-order valence-electron chi connectivity index (χ1n) is 10.5. The summed E-state index contributed by atoms with van der Waals surface area (Å²) in [5.41, 5.74) is 2.77. The van der Waals surface area contributed by atoms with E-state index in [2.05, 4.69) is 4.72 Å². The normalized spacial score (nSPS) is 14.3. The highest BCUT2D eigenvalue weighted by molar-refractivity contribution is 7.93. The summed E-state index contributed by atoms with van der Waals surface area (Å²) in [5.74, 6) is 0.304. The van der Waals surface area contributed by atoms with Crippen LogP contribution in [0.2, 0.25) is 0 Å². The topological polar surface area (TPSA) is 83.6 Å². The van der Waals surface area contributed by atoms with Crippen molar-refractivity contribution in [3.63, 3.8) is 0 Å². The fourth-order valence-electron chi connectivity index (χ4n) is 3.82. The number of hydrogen-bond donors (Lipinski definition) is 1. The van der Waals surface area contributed by atoms with Gasteiger partial charge in [0.25, 0.3) is 20.0 Å². The average Bonchev–Trinajstić information content (AvgIpc) is 2.79. The molecule has 0 aromatic heterocycles. The monoisotopic (exact) mass is 470 g/mol. The van der Waals surface area contributed by atoms with Crippen LogP contribution in [0.25, 0.3) is 0 Å². The van der Waals surface area contributed by atoms with Crippen LogP contribution in [0, 0.1) is 0 Å². The van der Waals surface area contributed by atoms with Crippen LogP contribution in [0.5, 0.6) is 0 Å². The van der Waals surface area contributed by atoms with Crippen LogP contribution in [0.3, 0.4) is 0 Å². The van der Waals surface area contributed by atoms with E-state index in [0.717, 1.165) is 17.5 Å². The first kappa shape index (κ1) is 22.4. The largest absolute Gasteiger partial charge is 0.280 e. The van der Waals surface area contributed by atoms with Gasteiger partial charge < -0.3 is 0 Å². The molecule has 0 fully saturated rings. The molecule has 0 unspecified atom stereocenters. The average molecular weight is 471 g/mol. The van der Waals surface area contributed by atoms with E-state index in [1.807, 2.05) is 13.8 Å². The van der Waals surface area contributed by atoms with Crippen LogP contribution in [0.1, 0.15) is 37.3 Å². The van der Waals surface area contributed by atoms with E-state index in [-0.39, 0.29) is 9.79 Å². The van der Waals surface area contributed by atoms with Gasteiger partial charge in [0.15, 0.2) is 0 Å². The third-order valence-electron chi connectivity index (χ3n) is 5.60. The second kappa shape index (κ2) is 8.60. The first-order valence-corrected chi connectivity index (χ1v) is 13.4. The minimum Gasteiger partial charge on any atom is -0.280 e. The number of nitrogens with one attached hydrogen (secondary N) is 1. The lowest BCUT2D eigenvalue weighted by Crippen LogP contribution is -2.35. The Hall–Kier alpha value is -2.84. The summed E-state index contributed by atoms with van der Waals surface area (Å²) < 4.78 is 56.3. The summed E-state index contributed by atoms with van der Waals surface area (Å²) in [4.78, 5) is 0.373.